The third-order valence-corrected chi connectivity index (χ3v) is 3.47. The van der Waals surface area contributed by atoms with E-state index in [0.29, 0.717) is 22.1 Å². The molecule has 0 atom stereocenters. The van der Waals surface area contributed by atoms with E-state index in [9.17, 15) is 13.2 Å². The molecular formula is C14H12N2O4S. The number of nitrogens with one attached hydrogen (secondary N) is 2. The molecule has 0 radical (unpaired) electrons. The van der Waals surface area contributed by atoms with E-state index in [1.54, 1.807) is 18.2 Å². The van der Waals surface area contributed by atoms with Crippen LogP contribution in [0.4, 0.5) is 0 Å². The molecule has 0 spiro atoms. The molecule has 1 amide bonds. The van der Waals surface area contributed by atoms with Crippen LogP contribution < -0.4 is 10.3 Å². The molecule has 0 bridgehead atoms. The first-order chi connectivity index (χ1) is 9.96. The molecule has 21 heavy (non-hydrogen) atoms. The van der Waals surface area contributed by atoms with Crippen molar-refractivity contribution in [2.24, 2.45) is 0 Å². The number of carbonyl (C=O) groups is 1. The maximum atomic E-state index is 12.2. The van der Waals surface area contributed by atoms with Crippen molar-refractivity contribution in [1.82, 2.24) is 10.3 Å². The van der Waals surface area contributed by atoms with E-state index in [4.69, 9.17) is 4.42 Å². The van der Waals surface area contributed by atoms with Crippen LogP contribution in [0.3, 0.4) is 0 Å². The minimum atomic E-state index is -3.51. The summed E-state index contributed by atoms with van der Waals surface area (Å²) < 4.78 is 27.8. The van der Waals surface area contributed by atoms with Gasteiger partial charge in [-0.3, -0.25) is 10.2 Å². The molecule has 0 aliphatic rings. The van der Waals surface area contributed by atoms with Gasteiger partial charge in [-0.05, 0) is 18.2 Å². The SMILES string of the molecule is CS(=O)(=O)NNC(=O)c1cccc2oc3ccccc3c12. The van der Waals surface area contributed by atoms with E-state index in [-0.39, 0.29) is 0 Å². The quantitative estimate of drug-likeness (QED) is 0.722. The highest BCUT2D eigenvalue weighted by Gasteiger charge is 2.16. The number of para-hydroxylation sites is 1. The summed E-state index contributed by atoms with van der Waals surface area (Å²) in [6, 6.07) is 12.4. The monoisotopic (exact) mass is 304 g/mol. The van der Waals surface area contributed by atoms with Gasteiger partial charge in [0, 0.05) is 10.8 Å². The summed E-state index contributed by atoms with van der Waals surface area (Å²) in [6.45, 7) is 0. The normalized spacial score (nSPS) is 11.9. The first kappa shape index (κ1) is 13.6. The number of furan rings is 1. The number of sulfonamides is 1. The Hall–Kier alpha value is -2.38. The van der Waals surface area contributed by atoms with E-state index in [1.807, 2.05) is 29.1 Å². The number of hydrazine groups is 1. The predicted molar refractivity (Wildman–Crippen MR) is 79.2 cm³/mol. The van der Waals surface area contributed by atoms with Gasteiger partial charge >= 0.3 is 0 Å². The molecule has 1 heterocycles. The van der Waals surface area contributed by atoms with E-state index in [0.717, 1.165) is 11.6 Å². The van der Waals surface area contributed by atoms with Crippen LogP contribution in [0.5, 0.6) is 0 Å². The highest BCUT2D eigenvalue weighted by molar-refractivity contribution is 7.88. The lowest BCUT2D eigenvalue weighted by molar-refractivity contribution is 0.0947. The second-order valence-corrected chi connectivity index (χ2v) is 6.35. The largest absolute Gasteiger partial charge is 0.456 e. The van der Waals surface area contributed by atoms with Gasteiger partial charge in [0.25, 0.3) is 5.91 Å². The summed E-state index contributed by atoms with van der Waals surface area (Å²) in [7, 11) is -3.51. The molecule has 3 aromatic rings. The molecular weight excluding hydrogens is 292 g/mol. The second kappa shape index (κ2) is 4.87. The van der Waals surface area contributed by atoms with Gasteiger partial charge < -0.3 is 4.42 Å². The molecule has 0 aliphatic heterocycles. The summed E-state index contributed by atoms with van der Waals surface area (Å²) in [5.41, 5.74) is 3.75. The van der Waals surface area contributed by atoms with Crippen LogP contribution in [0.25, 0.3) is 21.9 Å². The van der Waals surface area contributed by atoms with Gasteiger partial charge in [0.2, 0.25) is 10.0 Å². The van der Waals surface area contributed by atoms with Crippen molar-refractivity contribution in [2.45, 2.75) is 0 Å². The van der Waals surface area contributed by atoms with Gasteiger partial charge in [0.15, 0.2) is 0 Å². The maximum Gasteiger partial charge on any atom is 0.267 e. The lowest BCUT2D eigenvalue weighted by Gasteiger charge is -2.06. The van der Waals surface area contributed by atoms with Gasteiger partial charge in [0.05, 0.1) is 11.8 Å². The summed E-state index contributed by atoms with van der Waals surface area (Å²) in [4.78, 5) is 14.1. The predicted octanol–water partition coefficient (Wildman–Crippen LogP) is 1.78. The summed E-state index contributed by atoms with van der Waals surface area (Å²) in [6.07, 6.45) is 0.959. The number of rotatable bonds is 3. The van der Waals surface area contributed by atoms with E-state index >= 15 is 0 Å². The smallest absolute Gasteiger partial charge is 0.267 e. The zero-order chi connectivity index (χ0) is 15.0. The molecule has 0 saturated heterocycles. The number of hydrogen-bond donors (Lipinski definition) is 2. The third kappa shape index (κ3) is 2.61. The molecule has 3 rings (SSSR count). The lowest BCUT2D eigenvalue weighted by atomic mass is 10.1. The molecule has 1 aromatic heterocycles. The van der Waals surface area contributed by atoms with E-state index in [1.165, 1.54) is 0 Å². The average Bonchev–Trinajstić information content (AvgIpc) is 2.82. The lowest BCUT2D eigenvalue weighted by Crippen LogP contribution is -2.40. The van der Waals surface area contributed by atoms with Crippen LogP contribution in [0.1, 0.15) is 10.4 Å². The van der Waals surface area contributed by atoms with Crippen LogP contribution in [-0.2, 0) is 10.0 Å². The van der Waals surface area contributed by atoms with Gasteiger partial charge in [-0.15, -0.1) is 4.83 Å². The van der Waals surface area contributed by atoms with Crippen molar-refractivity contribution in [3.8, 4) is 0 Å². The fourth-order valence-corrected chi connectivity index (χ4v) is 2.45. The first-order valence-electron chi connectivity index (χ1n) is 6.13. The van der Waals surface area contributed by atoms with Gasteiger partial charge in [-0.25, -0.2) is 8.42 Å². The Balaban J connectivity index is 2.12. The molecule has 6 nitrogen and oxygen atoms in total. The molecule has 0 fully saturated rings. The molecule has 108 valence electrons. The minimum Gasteiger partial charge on any atom is -0.456 e. The van der Waals surface area contributed by atoms with Crippen molar-refractivity contribution < 1.29 is 17.6 Å². The third-order valence-electron chi connectivity index (χ3n) is 3.00. The maximum absolute atomic E-state index is 12.2. The number of benzene rings is 2. The van der Waals surface area contributed by atoms with Gasteiger partial charge in [0.1, 0.15) is 11.2 Å². The van der Waals surface area contributed by atoms with Gasteiger partial charge in [-0.1, -0.05) is 24.3 Å². The van der Waals surface area contributed by atoms with Crippen molar-refractivity contribution >= 4 is 37.9 Å². The van der Waals surface area contributed by atoms with Crippen molar-refractivity contribution in [1.29, 1.82) is 0 Å². The molecule has 2 aromatic carbocycles. The second-order valence-electron chi connectivity index (χ2n) is 4.61. The Kier molecular flexibility index (Phi) is 3.15. The average molecular weight is 304 g/mol. The van der Waals surface area contributed by atoms with Crippen molar-refractivity contribution in [3.63, 3.8) is 0 Å². The summed E-state index contributed by atoms with van der Waals surface area (Å²) in [5.74, 6) is -0.544. The van der Waals surface area contributed by atoms with Crippen LogP contribution >= 0.6 is 0 Å². The molecule has 0 saturated carbocycles. The Labute approximate surface area is 120 Å². The van der Waals surface area contributed by atoms with Crippen LogP contribution in [0.15, 0.2) is 46.9 Å². The van der Waals surface area contributed by atoms with Crippen molar-refractivity contribution in [2.75, 3.05) is 6.26 Å². The zero-order valence-electron chi connectivity index (χ0n) is 11.1. The molecule has 2 N–H and O–H groups in total. The number of hydrogen-bond acceptors (Lipinski definition) is 4. The van der Waals surface area contributed by atoms with E-state index in [2.05, 4.69) is 5.43 Å². The Morgan fingerprint density at radius 1 is 1.05 bits per heavy atom. The molecule has 7 heteroatoms. The Morgan fingerprint density at radius 3 is 2.52 bits per heavy atom. The summed E-state index contributed by atoms with van der Waals surface area (Å²) in [5, 5.41) is 1.46. The number of fused-ring (bicyclic) bond motifs is 3. The van der Waals surface area contributed by atoms with E-state index < -0.39 is 15.9 Å². The standard InChI is InChI=1S/C14H12N2O4S/c1-21(18,19)16-15-14(17)10-6-4-8-12-13(10)9-5-2-3-7-11(9)20-12/h2-8,16H,1H3,(H,15,17). The minimum absolute atomic E-state index is 0.341. The topological polar surface area (TPSA) is 88.4 Å². The first-order valence-corrected chi connectivity index (χ1v) is 8.02. The van der Waals surface area contributed by atoms with Crippen LogP contribution in [-0.4, -0.2) is 20.6 Å². The molecule has 0 aliphatic carbocycles. The summed E-state index contributed by atoms with van der Waals surface area (Å²) >= 11 is 0. The van der Waals surface area contributed by atoms with Crippen LogP contribution in [0.2, 0.25) is 0 Å². The van der Waals surface area contributed by atoms with Gasteiger partial charge in [-0.2, -0.15) is 0 Å². The zero-order valence-corrected chi connectivity index (χ0v) is 11.9. The number of carbonyl (C=O) groups excluding carboxylic acids is 1. The van der Waals surface area contributed by atoms with Crippen LogP contribution in [0, 0.1) is 0 Å². The van der Waals surface area contributed by atoms with Crippen molar-refractivity contribution in [3.05, 3.63) is 48.0 Å². The fourth-order valence-electron chi connectivity index (χ4n) is 2.17. The fraction of sp³-hybridized carbons (Fsp3) is 0.0714. The highest BCUT2D eigenvalue weighted by Crippen LogP contribution is 2.30. The molecule has 0 unspecified atom stereocenters. The number of amides is 1. The Bertz CT molecular complexity index is 944. The Morgan fingerprint density at radius 2 is 1.76 bits per heavy atom. The highest BCUT2D eigenvalue weighted by atomic mass is 32.2.